The molecule has 2 heterocycles. The normalized spacial score (nSPS) is 13.6. The quantitative estimate of drug-likeness (QED) is 0.446. The molecule has 0 spiro atoms. The fourth-order valence-corrected chi connectivity index (χ4v) is 3.39. The number of fused-ring (bicyclic) bond motifs is 1. The molecule has 1 N–H and O–H groups in total. The average molecular weight is 495 g/mol. The van der Waals surface area contributed by atoms with Crippen molar-refractivity contribution in [2.75, 3.05) is 28.8 Å². The number of hydrogen-bond donors (Lipinski definition) is 1. The van der Waals surface area contributed by atoms with Crippen LogP contribution in [0.25, 0.3) is 0 Å². The fraction of sp³-hybridized carbons (Fsp3) is 0.227. The summed E-state index contributed by atoms with van der Waals surface area (Å²) in [6.07, 6.45) is -3.17. The molecule has 0 bridgehead atoms. The molecular weight excluding hydrogens is 477 g/mol. The van der Waals surface area contributed by atoms with Gasteiger partial charge in [-0.25, -0.2) is 14.7 Å². The van der Waals surface area contributed by atoms with Gasteiger partial charge in [0.2, 0.25) is 5.95 Å². The van der Waals surface area contributed by atoms with Gasteiger partial charge in [0.25, 0.3) is 0 Å². The Bertz CT molecular complexity index is 1190. The molecule has 0 saturated heterocycles. The number of hydrogen-bond acceptors (Lipinski definition) is 6. The first kappa shape index (κ1) is 24.0. The lowest BCUT2D eigenvalue weighted by Gasteiger charge is -2.36. The molecule has 2 amide bonds. The average Bonchev–Trinajstić information content (AvgIpc) is 2.82. The number of carbonyl (C=O) groups is 1. The highest BCUT2D eigenvalue weighted by molar-refractivity contribution is 6.10. The molecule has 0 aliphatic carbocycles. The van der Waals surface area contributed by atoms with Crippen LogP contribution in [0.2, 0.25) is 0 Å². The molecule has 0 atom stereocenters. The highest BCUT2D eigenvalue weighted by atomic mass is 19.4. The number of halogens is 5. The van der Waals surface area contributed by atoms with Crippen molar-refractivity contribution in [1.82, 2.24) is 9.97 Å². The van der Waals surface area contributed by atoms with Gasteiger partial charge in [0.1, 0.15) is 18.0 Å². The van der Waals surface area contributed by atoms with Crippen LogP contribution in [-0.4, -0.2) is 42.4 Å². The van der Waals surface area contributed by atoms with Crippen LogP contribution in [-0.2, 0) is 6.54 Å². The molecule has 1 aliphatic rings. The second kappa shape index (κ2) is 9.60. The molecule has 8 nitrogen and oxygen atoms in total. The van der Waals surface area contributed by atoms with E-state index in [0.717, 1.165) is 4.90 Å². The number of alkyl halides is 5. The number of anilines is 4. The van der Waals surface area contributed by atoms with E-state index in [0.29, 0.717) is 17.0 Å². The maximum atomic E-state index is 13.5. The summed E-state index contributed by atoms with van der Waals surface area (Å²) >= 11 is 0. The summed E-state index contributed by atoms with van der Waals surface area (Å²) in [7, 11) is 1.50. The first-order valence-corrected chi connectivity index (χ1v) is 10.1. The van der Waals surface area contributed by atoms with Crippen molar-refractivity contribution in [2.24, 2.45) is 0 Å². The van der Waals surface area contributed by atoms with Crippen molar-refractivity contribution in [3.05, 3.63) is 60.3 Å². The number of aromatic nitrogens is 2. The van der Waals surface area contributed by atoms with Gasteiger partial charge in [0.15, 0.2) is 5.82 Å². The topological polar surface area (TPSA) is 79.8 Å². The van der Waals surface area contributed by atoms with Gasteiger partial charge in [-0.05, 0) is 48.5 Å². The Balaban J connectivity index is 1.73. The third kappa shape index (κ3) is 5.50. The molecule has 35 heavy (non-hydrogen) atoms. The molecule has 1 aromatic heterocycles. The Morgan fingerprint density at radius 2 is 1.66 bits per heavy atom. The Kier molecular flexibility index (Phi) is 6.58. The van der Waals surface area contributed by atoms with Crippen LogP contribution in [0.15, 0.2) is 54.7 Å². The largest absolute Gasteiger partial charge is 0.497 e. The van der Waals surface area contributed by atoms with Crippen LogP contribution in [0, 0.1) is 0 Å². The minimum absolute atomic E-state index is 0.0448. The summed E-state index contributed by atoms with van der Waals surface area (Å²) in [6, 6.07) is 11.3. The number of methoxy groups -OCH3 is 1. The van der Waals surface area contributed by atoms with Crippen LogP contribution in [0.4, 0.5) is 49.9 Å². The number of nitrogens with zero attached hydrogens (tertiary/aromatic N) is 4. The van der Waals surface area contributed by atoms with Crippen molar-refractivity contribution in [3.63, 3.8) is 0 Å². The van der Waals surface area contributed by atoms with E-state index < -0.39 is 25.4 Å². The smallest absolute Gasteiger partial charge is 0.405 e. The monoisotopic (exact) mass is 495 g/mol. The summed E-state index contributed by atoms with van der Waals surface area (Å²) in [6.45, 7) is -4.35. The number of nitrogens with one attached hydrogen (secondary N) is 1. The predicted octanol–water partition coefficient (Wildman–Crippen LogP) is 5.34. The summed E-state index contributed by atoms with van der Waals surface area (Å²) in [5.74, 6) is 0.181. The molecule has 0 fully saturated rings. The molecule has 4 rings (SSSR count). The summed E-state index contributed by atoms with van der Waals surface area (Å²) in [5.41, 5.74) is 1.20. The molecule has 3 aromatic rings. The van der Waals surface area contributed by atoms with Crippen molar-refractivity contribution < 1.29 is 36.2 Å². The van der Waals surface area contributed by atoms with E-state index >= 15 is 0 Å². The molecule has 0 unspecified atom stereocenters. The van der Waals surface area contributed by atoms with E-state index in [1.54, 1.807) is 24.3 Å². The zero-order chi connectivity index (χ0) is 25.2. The molecule has 184 valence electrons. The molecule has 0 radical (unpaired) electrons. The van der Waals surface area contributed by atoms with Crippen LogP contribution in [0.3, 0.4) is 0 Å². The van der Waals surface area contributed by atoms with E-state index in [2.05, 4.69) is 20.0 Å². The van der Waals surface area contributed by atoms with E-state index in [-0.39, 0.29) is 29.7 Å². The molecule has 13 heteroatoms. The number of benzene rings is 2. The van der Waals surface area contributed by atoms with Crippen molar-refractivity contribution in [2.45, 2.75) is 19.3 Å². The van der Waals surface area contributed by atoms with Crippen LogP contribution < -0.4 is 24.6 Å². The van der Waals surface area contributed by atoms with Gasteiger partial charge in [-0.1, -0.05) is 0 Å². The van der Waals surface area contributed by atoms with Gasteiger partial charge in [0.05, 0.1) is 19.3 Å². The van der Waals surface area contributed by atoms with Gasteiger partial charge in [-0.2, -0.15) is 26.9 Å². The highest BCUT2D eigenvalue weighted by Crippen LogP contribution is 2.37. The highest BCUT2D eigenvalue weighted by Gasteiger charge is 2.35. The van der Waals surface area contributed by atoms with Crippen molar-refractivity contribution in [3.8, 4) is 11.5 Å². The van der Waals surface area contributed by atoms with Crippen LogP contribution in [0.5, 0.6) is 11.5 Å². The fourth-order valence-electron chi connectivity index (χ4n) is 3.39. The van der Waals surface area contributed by atoms with Crippen molar-refractivity contribution >= 4 is 29.2 Å². The molecule has 2 aromatic carbocycles. The Hall–Kier alpha value is -4.16. The van der Waals surface area contributed by atoms with E-state index in [4.69, 9.17) is 4.74 Å². The van der Waals surface area contributed by atoms with Gasteiger partial charge >= 0.3 is 18.8 Å². The Morgan fingerprint density at radius 3 is 2.26 bits per heavy atom. The van der Waals surface area contributed by atoms with Crippen LogP contribution >= 0.6 is 0 Å². The second-order valence-electron chi connectivity index (χ2n) is 7.29. The number of amides is 2. The Morgan fingerprint density at radius 1 is 1.03 bits per heavy atom. The lowest BCUT2D eigenvalue weighted by atomic mass is 10.1. The minimum Gasteiger partial charge on any atom is -0.497 e. The summed E-state index contributed by atoms with van der Waals surface area (Å²) in [4.78, 5) is 24.2. The number of ether oxygens (including phenoxy) is 2. The van der Waals surface area contributed by atoms with Crippen molar-refractivity contribution in [1.29, 1.82) is 0 Å². The predicted molar refractivity (Wildman–Crippen MR) is 116 cm³/mol. The van der Waals surface area contributed by atoms with Gasteiger partial charge < -0.3 is 14.8 Å². The maximum absolute atomic E-state index is 13.5. The number of urea groups is 1. The lowest BCUT2D eigenvalue weighted by molar-refractivity contribution is -0.115. The molecular formula is C22H18F5N5O3. The third-order valence-corrected chi connectivity index (χ3v) is 4.96. The van der Waals surface area contributed by atoms with Gasteiger partial charge in [-0.3, -0.25) is 4.90 Å². The van der Waals surface area contributed by atoms with Gasteiger partial charge in [-0.15, -0.1) is 0 Å². The minimum atomic E-state index is -4.50. The Labute approximate surface area is 195 Å². The maximum Gasteiger partial charge on any atom is 0.405 e. The van der Waals surface area contributed by atoms with E-state index in [1.807, 2.05) is 0 Å². The molecule has 0 saturated carbocycles. The molecule has 1 aliphatic heterocycles. The first-order valence-electron chi connectivity index (χ1n) is 10.1. The number of carbonyl (C=O) groups excluding carboxylic acids is 1. The first-order chi connectivity index (χ1) is 16.6. The van der Waals surface area contributed by atoms with E-state index in [1.165, 1.54) is 42.5 Å². The van der Waals surface area contributed by atoms with Gasteiger partial charge in [0, 0.05) is 17.4 Å². The number of rotatable bonds is 7. The van der Waals surface area contributed by atoms with E-state index in [9.17, 15) is 26.7 Å². The zero-order valence-corrected chi connectivity index (χ0v) is 18.1. The lowest BCUT2D eigenvalue weighted by Crippen LogP contribution is -2.45. The summed E-state index contributed by atoms with van der Waals surface area (Å²) < 4.78 is 72.5. The van der Waals surface area contributed by atoms with Crippen LogP contribution in [0.1, 0.15) is 5.56 Å². The summed E-state index contributed by atoms with van der Waals surface area (Å²) in [5, 5.41) is 2.09. The second-order valence-corrected chi connectivity index (χ2v) is 7.29. The third-order valence-electron chi connectivity index (χ3n) is 4.96. The standard InChI is InChI=1S/C22H18F5N5O3/c1-34-16-6-2-14(3-7-16)31-11-13-10-28-20(29-12-22(25,26)27)30-18(13)32(21(31)33)15-4-8-17(9-5-15)35-19(23)24/h2-10,19H,11-12H2,1H3,(H,28,29,30). The SMILES string of the molecule is COc1ccc(N2Cc3cnc(NCC(F)(F)F)nc3N(c3ccc(OC(F)F)cc3)C2=O)cc1. The zero-order valence-electron chi connectivity index (χ0n) is 18.1.